The van der Waals surface area contributed by atoms with Gasteiger partial charge in [-0.25, -0.2) is 4.98 Å². The van der Waals surface area contributed by atoms with Crippen molar-refractivity contribution in [3.05, 3.63) is 42.9 Å². The Labute approximate surface area is 140 Å². The summed E-state index contributed by atoms with van der Waals surface area (Å²) >= 11 is 0. The number of methoxy groups -OCH3 is 1. The molecule has 2 heterocycles. The number of hydrogen-bond acceptors (Lipinski definition) is 6. The molecule has 1 unspecified atom stereocenters. The lowest BCUT2D eigenvalue weighted by Gasteiger charge is -2.17. The topological polar surface area (TPSA) is 73.8 Å². The lowest BCUT2D eigenvalue weighted by atomic mass is 10.3. The van der Waals surface area contributed by atoms with Crippen molar-refractivity contribution in [2.75, 3.05) is 26.8 Å². The molecule has 0 aliphatic carbocycles. The highest BCUT2D eigenvalue weighted by Crippen LogP contribution is 2.20. The minimum Gasteiger partial charge on any atom is -0.497 e. The van der Waals surface area contributed by atoms with Gasteiger partial charge >= 0.3 is 0 Å². The van der Waals surface area contributed by atoms with Crippen molar-refractivity contribution in [3.63, 3.8) is 0 Å². The van der Waals surface area contributed by atoms with Gasteiger partial charge in [-0.2, -0.15) is 0 Å². The Bertz CT molecular complexity index is 681. The number of benzene rings is 1. The summed E-state index contributed by atoms with van der Waals surface area (Å²) in [4.78, 5) is 22.0. The number of nitrogens with zero attached hydrogens (tertiary/aromatic N) is 3. The molecule has 1 aromatic heterocycles. The van der Waals surface area contributed by atoms with Gasteiger partial charge in [0.25, 0.3) is 5.91 Å². The van der Waals surface area contributed by atoms with Crippen molar-refractivity contribution in [1.82, 2.24) is 14.9 Å². The predicted molar refractivity (Wildman–Crippen MR) is 86.1 cm³/mol. The van der Waals surface area contributed by atoms with Crippen molar-refractivity contribution in [1.29, 1.82) is 0 Å². The number of rotatable bonds is 6. The smallest absolute Gasteiger partial charge is 0.260 e. The van der Waals surface area contributed by atoms with Gasteiger partial charge in [-0.1, -0.05) is 6.07 Å². The van der Waals surface area contributed by atoms with Gasteiger partial charge in [-0.3, -0.25) is 9.78 Å². The minimum absolute atomic E-state index is 0.00890. The van der Waals surface area contributed by atoms with E-state index in [9.17, 15) is 4.79 Å². The quantitative estimate of drug-likeness (QED) is 0.800. The number of ether oxygens (including phenoxy) is 3. The summed E-state index contributed by atoms with van der Waals surface area (Å²) in [6, 6.07) is 7.18. The molecule has 7 heteroatoms. The lowest BCUT2D eigenvalue weighted by molar-refractivity contribution is -0.132. The van der Waals surface area contributed by atoms with E-state index in [1.54, 1.807) is 42.7 Å². The van der Waals surface area contributed by atoms with Crippen molar-refractivity contribution < 1.29 is 19.0 Å². The first-order valence-electron chi connectivity index (χ1n) is 7.72. The van der Waals surface area contributed by atoms with E-state index in [4.69, 9.17) is 14.2 Å². The van der Waals surface area contributed by atoms with E-state index in [0.717, 1.165) is 6.42 Å². The zero-order valence-corrected chi connectivity index (χ0v) is 13.4. The van der Waals surface area contributed by atoms with Gasteiger partial charge < -0.3 is 19.1 Å². The van der Waals surface area contributed by atoms with E-state index in [0.29, 0.717) is 30.5 Å². The fourth-order valence-electron chi connectivity index (χ4n) is 2.50. The SMILES string of the molecule is COc1cccc(OCC(=O)N2CCC(Oc3cnccn3)C2)c1. The monoisotopic (exact) mass is 329 g/mol. The largest absolute Gasteiger partial charge is 0.497 e. The lowest BCUT2D eigenvalue weighted by Crippen LogP contribution is -2.34. The predicted octanol–water partition coefficient (Wildman–Crippen LogP) is 1.54. The van der Waals surface area contributed by atoms with Gasteiger partial charge in [0.1, 0.15) is 17.6 Å². The van der Waals surface area contributed by atoms with Crippen LogP contribution in [0.2, 0.25) is 0 Å². The maximum absolute atomic E-state index is 12.3. The van der Waals surface area contributed by atoms with E-state index in [-0.39, 0.29) is 18.6 Å². The molecule has 0 N–H and O–H groups in total. The molecule has 1 aliphatic rings. The molecule has 1 aromatic carbocycles. The van der Waals surface area contributed by atoms with Crippen LogP contribution in [0.25, 0.3) is 0 Å². The van der Waals surface area contributed by atoms with Crippen LogP contribution >= 0.6 is 0 Å². The van der Waals surface area contributed by atoms with Crippen LogP contribution in [-0.4, -0.2) is 53.7 Å². The van der Waals surface area contributed by atoms with Crippen LogP contribution in [0.1, 0.15) is 6.42 Å². The highest BCUT2D eigenvalue weighted by Gasteiger charge is 2.28. The number of carbonyl (C=O) groups is 1. The summed E-state index contributed by atoms with van der Waals surface area (Å²) in [5, 5.41) is 0. The van der Waals surface area contributed by atoms with E-state index in [1.807, 2.05) is 12.1 Å². The molecule has 126 valence electrons. The molecule has 2 aromatic rings. The van der Waals surface area contributed by atoms with Crippen LogP contribution in [0.15, 0.2) is 42.9 Å². The molecule has 1 saturated heterocycles. The summed E-state index contributed by atoms with van der Waals surface area (Å²) in [5.41, 5.74) is 0. The Morgan fingerprint density at radius 2 is 2.21 bits per heavy atom. The second kappa shape index (κ2) is 7.63. The van der Waals surface area contributed by atoms with Crippen LogP contribution < -0.4 is 14.2 Å². The first kappa shape index (κ1) is 16.0. The molecule has 0 radical (unpaired) electrons. The van der Waals surface area contributed by atoms with Gasteiger partial charge in [-0.15, -0.1) is 0 Å². The zero-order valence-electron chi connectivity index (χ0n) is 13.4. The number of aromatic nitrogens is 2. The highest BCUT2D eigenvalue weighted by atomic mass is 16.5. The van der Waals surface area contributed by atoms with Crippen LogP contribution in [-0.2, 0) is 4.79 Å². The molecule has 7 nitrogen and oxygen atoms in total. The van der Waals surface area contributed by atoms with Crippen molar-refractivity contribution >= 4 is 5.91 Å². The Balaban J connectivity index is 1.47. The molecule has 1 atom stereocenters. The van der Waals surface area contributed by atoms with Crippen LogP contribution in [0.4, 0.5) is 0 Å². The average Bonchev–Trinajstić information content (AvgIpc) is 3.09. The second-order valence-corrected chi connectivity index (χ2v) is 5.38. The van der Waals surface area contributed by atoms with Crippen LogP contribution in [0, 0.1) is 0 Å². The molecule has 24 heavy (non-hydrogen) atoms. The van der Waals surface area contributed by atoms with Gasteiger partial charge in [-0.05, 0) is 12.1 Å². The third-order valence-electron chi connectivity index (χ3n) is 3.73. The zero-order chi connectivity index (χ0) is 16.8. The van der Waals surface area contributed by atoms with E-state index in [2.05, 4.69) is 9.97 Å². The second-order valence-electron chi connectivity index (χ2n) is 5.38. The summed E-state index contributed by atoms with van der Waals surface area (Å²) < 4.78 is 16.4. The van der Waals surface area contributed by atoms with Crippen LogP contribution in [0.3, 0.4) is 0 Å². The third-order valence-corrected chi connectivity index (χ3v) is 3.73. The first-order chi connectivity index (χ1) is 11.7. The average molecular weight is 329 g/mol. The molecule has 0 bridgehead atoms. The summed E-state index contributed by atoms with van der Waals surface area (Å²) in [7, 11) is 1.59. The Morgan fingerprint density at radius 1 is 1.33 bits per heavy atom. The van der Waals surface area contributed by atoms with Crippen LogP contribution in [0.5, 0.6) is 17.4 Å². The fourth-order valence-corrected chi connectivity index (χ4v) is 2.50. The number of amides is 1. The normalized spacial score (nSPS) is 16.7. The Morgan fingerprint density at radius 3 is 3.00 bits per heavy atom. The first-order valence-corrected chi connectivity index (χ1v) is 7.72. The number of carbonyl (C=O) groups excluding carboxylic acids is 1. The highest BCUT2D eigenvalue weighted by molar-refractivity contribution is 5.78. The van der Waals surface area contributed by atoms with Crippen molar-refractivity contribution in [2.45, 2.75) is 12.5 Å². The maximum atomic E-state index is 12.3. The molecular formula is C17H19N3O4. The summed E-state index contributed by atoms with van der Waals surface area (Å²) in [6.07, 6.45) is 5.43. The van der Waals surface area contributed by atoms with Gasteiger partial charge in [0.05, 0.1) is 19.9 Å². The Kier molecular flexibility index (Phi) is 5.10. The van der Waals surface area contributed by atoms with Crippen molar-refractivity contribution in [2.24, 2.45) is 0 Å². The molecule has 1 aliphatic heterocycles. The van der Waals surface area contributed by atoms with Gasteiger partial charge in [0.2, 0.25) is 5.88 Å². The van der Waals surface area contributed by atoms with E-state index >= 15 is 0 Å². The van der Waals surface area contributed by atoms with E-state index in [1.165, 1.54) is 0 Å². The maximum Gasteiger partial charge on any atom is 0.260 e. The molecule has 3 rings (SSSR count). The Hall–Kier alpha value is -2.83. The molecular weight excluding hydrogens is 310 g/mol. The molecule has 1 fully saturated rings. The third kappa shape index (κ3) is 4.13. The minimum atomic E-state index is -0.0672. The van der Waals surface area contributed by atoms with E-state index < -0.39 is 0 Å². The molecule has 0 saturated carbocycles. The number of hydrogen-bond donors (Lipinski definition) is 0. The summed E-state index contributed by atoms with van der Waals surface area (Å²) in [6.45, 7) is 1.16. The van der Waals surface area contributed by atoms with Gasteiger partial charge in [0.15, 0.2) is 6.61 Å². The fraction of sp³-hybridized carbons (Fsp3) is 0.353. The molecule has 0 spiro atoms. The van der Waals surface area contributed by atoms with Crippen molar-refractivity contribution in [3.8, 4) is 17.4 Å². The van der Waals surface area contributed by atoms with Gasteiger partial charge in [0, 0.05) is 31.4 Å². The number of likely N-dealkylation sites (tertiary alicyclic amines) is 1. The standard InChI is InChI=1S/C17H19N3O4/c1-22-13-3-2-4-14(9-13)23-12-17(21)20-8-5-15(11-20)24-16-10-18-6-7-19-16/h2-4,6-7,9-10,15H,5,8,11-12H2,1H3. The molecule has 1 amide bonds. The summed E-state index contributed by atoms with van der Waals surface area (Å²) in [5.74, 6) is 1.71.